The predicted octanol–water partition coefficient (Wildman–Crippen LogP) is 4.45. The van der Waals surface area contributed by atoms with E-state index in [1.807, 2.05) is 6.07 Å². The smallest absolute Gasteiger partial charge is 0.264 e. The molecule has 0 aliphatic heterocycles. The Hall–Kier alpha value is -5.30. The van der Waals surface area contributed by atoms with Crippen molar-refractivity contribution in [1.29, 1.82) is 0 Å². The van der Waals surface area contributed by atoms with Gasteiger partial charge in [0.05, 0.1) is 30.7 Å². The van der Waals surface area contributed by atoms with Crippen LogP contribution in [0, 0.1) is 0 Å². The molecule has 13 heteroatoms. The van der Waals surface area contributed by atoms with Crippen LogP contribution in [0.3, 0.4) is 0 Å². The number of benzene rings is 2. The Morgan fingerprint density at radius 2 is 1.68 bits per heavy atom. The predicted molar refractivity (Wildman–Crippen MR) is 147 cm³/mol. The van der Waals surface area contributed by atoms with Gasteiger partial charge in [0.25, 0.3) is 15.9 Å². The zero-order valence-electron chi connectivity index (χ0n) is 21.1. The minimum Gasteiger partial charge on any atom is -0.493 e. The van der Waals surface area contributed by atoms with Crippen LogP contribution in [-0.4, -0.2) is 45.4 Å². The van der Waals surface area contributed by atoms with Crippen molar-refractivity contribution >= 4 is 21.9 Å². The summed E-state index contributed by atoms with van der Waals surface area (Å²) in [6, 6.07) is 17.5. The zero-order valence-corrected chi connectivity index (χ0v) is 21.9. The normalized spacial score (nSPS) is 11.3. The van der Waals surface area contributed by atoms with Crippen molar-refractivity contribution in [3.8, 4) is 34.8 Å². The van der Waals surface area contributed by atoms with Crippen molar-refractivity contribution in [2.75, 3.05) is 11.8 Å². The maximum atomic E-state index is 13.2. The molecule has 0 atom stereocenters. The molecule has 0 saturated carbocycles. The average Bonchev–Trinajstić information content (AvgIpc) is 3.51. The first-order valence-electron chi connectivity index (χ1n) is 11.9. The number of imidazole rings is 1. The molecule has 12 nitrogen and oxygen atoms in total. The van der Waals surface area contributed by atoms with Crippen molar-refractivity contribution in [3.63, 3.8) is 0 Å². The van der Waals surface area contributed by atoms with Crippen LogP contribution in [-0.2, 0) is 16.6 Å². The van der Waals surface area contributed by atoms with Crippen LogP contribution in [0.25, 0.3) is 17.7 Å². The highest BCUT2D eigenvalue weighted by molar-refractivity contribution is 7.95. The Morgan fingerprint density at radius 1 is 0.925 bits per heavy atom. The van der Waals surface area contributed by atoms with Gasteiger partial charge < -0.3 is 19.2 Å². The molecule has 3 aromatic heterocycles. The minimum atomic E-state index is -4.08. The molecule has 3 heterocycles. The highest BCUT2D eigenvalue weighted by Gasteiger charge is 2.24. The van der Waals surface area contributed by atoms with E-state index in [-0.39, 0.29) is 41.5 Å². The first kappa shape index (κ1) is 26.3. The molecule has 0 aliphatic carbocycles. The van der Waals surface area contributed by atoms with Gasteiger partial charge in [0, 0.05) is 12.4 Å². The Kier molecular flexibility index (Phi) is 7.92. The van der Waals surface area contributed by atoms with Gasteiger partial charge in [0.2, 0.25) is 11.6 Å². The Balaban J connectivity index is 1.61. The molecule has 0 radical (unpaired) electrons. The number of nitrogens with zero attached hydrogens (tertiary/aromatic N) is 5. The monoisotopic (exact) mass is 557 g/mol. The Morgan fingerprint density at radius 3 is 2.40 bits per heavy atom. The number of nitrogens with one attached hydrogen (secondary N) is 2. The van der Waals surface area contributed by atoms with Gasteiger partial charge in [0.1, 0.15) is 6.61 Å². The summed E-state index contributed by atoms with van der Waals surface area (Å²) in [5.74, 6) is 0.485. The molecule has 0 saturated heterocycles. The first-order chi connectivity index (χ1) is 19.5. The lowest BCUT2D eigenvalue weighted by molar-refractivity contribution is 0.274. The highest BCUT2D eigenvalue weighted by Crippen LogP contribution is 2.41. The Bertz CT molecular complexity index is 1700. The summed E-state index contributed by atoms with van der Waals surface area (Å²) in [4.78, 5) is 24.2. The summed E-state index contributed by atoms with van der Waals surface area (Å²) < 4.78 is 46.4. The van der Waals surface area contributed by atoms with E-state index in [9.17, 15) is 8.42 Å². The van der Waals surface area contributed by atoms with Crippen LogP contribution >= 0.6 is 0 Å². The molecule has 2 aromatic carbocycles. The van der Waals surface area contributed by atoms with E-state index in [1.54, 1.807) is 60.8 Å². The molecular weight excluding hydrogens is 534 g/mol. The van der Waals surface area contributed by atoms with Crippen molar-refractivity contribution in [1.82, 2.24) is 29.9 Å². The molecule has 0 spiro atoms. The van der Waals surface area contributed by atoms with Crippen molar-refractivity contribution in [2.24, 2.45) is 0 Å². The number of rotatable bonds is 11. The number of aromatic nitrogens is 6. The van der Waals surface area contributed by atoms with Crippen LogP contribution in [0.5, 0.6) is 23.1 Å². The molecule has 5 rings (SSSR count). The van der Waals surface area contributed by atoms with Gasteiger partial charge in [-0.05, 0) is 29.8 Å². The van der Waals surface area contributed by atoms with Crippen LogP contribution in [0.2, 0.25) is 0 Å². The maximum absolute atomic E-state index is 13.2. The third-order valence-electron chi connectivity index (χ3n) is 5.28. The summed E-state index contributed by atoms with van der Waals surface area (Å²) in [6.07, 6.45) is 7.58. The summed E-state index contributed by atoms with van der Waals surface area (Å²) in [7, 11) is -2.59. The van der Waals surface area contributed by atoms with Gasteiger partial charge in [-0.3, -0.25) is 4.72 Å². The van der Waals surface area contributed by atoms with Crippen LogP contribution in [0.4, 0.5) is 5.82 Å². The third kappa shape index (κ3) is 6.57. The Labute approximate surface area is 229 Å². The van der Waals surface area contributed by atoms with E-state index >= 15 is 0 Å². The summed E-state index contributed by atoms with van der Waals surface area (Å²) in [5, 5.41) is 1.03. The van der Waals surface area contributed by atoms with Crippen molar-refractivity contribution in [2.45, 2.75) is 6.61 Å². The third-order valence-corrected chi connectivity index (χ3v) is 6.25. The number of hydrogen-bond acceptors (Lipinski definition) is 10. The minimum absolute atomic E-state index is 0.0114. The average molecular weight is 558 g/mol. The second-order valence-electron chi connectivity index (χ2n) is 8.08. The molecule has 0 aliphatic rings. The fraction of sp³-hybridized carbons (Fsp3) is 0.0741. The summed E-state index contributed by atoms with van der Waals surface area (Å²) in [6.45, 7) is 0.0223. The summed E-state index contributed by atoms with van der Waals surface area (Å²) in [5.41, 5.74) is 1.34. The molecule has 0 fully saturated rings. The first-order valence-corrected chi connectivity index (χ1v) is 13.4. The molecule has 2 N–H and O–H groups in total. The van der Waals surface area contributed by atoms with E-state index in [0.29, 0.717) is 17.0 Å². The maximum Gasteiger partial charge on any atom is 0.264 e. The van der Waals surface area contributed by atoms with E-state index < -0.39 is 10.0 Å². The lowest BCUT2D eigenvalue weighted by Gasteiger charge is -2.17. The highest BCUT2D eigenvalue weighted by atomic mass is 32.2. The number of ether oxygens (including phenoxy) is 3. The molecule has 0 amide bonds. The van der Waals surface area contributed by atoms with Crippen LogP contribution in [0.15, 0.2) is 91.0 Å². The fourth-order valence-corrected chi connectivity index (χ4v) is 4.24. The van der Waals surface area contributed by atoms with Gasteiger partial charge in [-0.25, -0.2) is 28.4 Å². The number of hydrogen-bond donors (Lipinski definition) is 2. The van der Waals surface area contributed by atoms with E-state index in [2.05, 4.69) is 34.6 Å². The molecule has 0 bridgehead atoms. The van der Waals surface area contributed by atoms with E-state index in [4.69, 9.17) is 14.2 Å². The quantitative estimate of drug-likeness (QED) is 0.238. The second kappa shape index (κ2) is 12.0. The molecule has 5 aromatic rings. The van der Waals surface area contributed by atoms with Crippen LogP contribution < -0.4 is 18.9 Å². The molecule has 40 heavy (non-hydrogen) atoms. The topological polar surface area (TPSA) is 154 Å². The lowest BCUT2D eigenvalue weighted by Crippen LogP contribution is -2.14. The number of aromatic amines is 1. The number of para-hydroxylation sites is 2. The number of anilines is 1. The largest absolute Gasteiger partial charge is 0.493 e. The molecule has 202 valence electrons. The van der Waals surface area contributed by atoms with Gasteiger partial charge in [-0.15, -0.1) is 0 Å². The summed E-state index contributed by atoms with van der Waals surface area (Å²) >= 11 is 0. The lowest BCUT2D eigenvalue weighted by atomic mass is 10.2. The van der Waals surface area contributed by atoms with Crippen molar-refractivity contribution in [3.05, 3.63) is 102 Å². The van der Waals surface area contributed by atoms with Gasteiger partial charge in [-0.1, -0.05) is 42.5 Å². The van der Waals surface area contributed by atoms with Crippen molar-refractivity contribution < 1.29 is 22.6 Å². The van der Waals surface area contributed by atoms with Gasteiger partial charge >= 0.3 is 0 Å². The standard InChI is InChI=1S/C27H23N7O5S/c1-37-21-10-5-6-11-22(21)39-23-24(34-40(35,36)15-12-19-8-3-2-4-9-19)32-26(25-29-13-7-14-30-25)33-27(23)38-17-20-16-28-18-31-20/h2-16,18H,17H2,1H3,(H,28,31)(H,32,33,34)/b15-12+. The van der Waals surface area contributed by atoms with Gasteiger partial charge in [-0.2, -0.15) is 4.98 Å². The second-order valence-corrected chi connectivity index (χ2v) is 9.65. The molecule has 0 unspecified atom stereocenters. The van der Waals surface area contributed by atoms with Crippen LogP contribution in [0.1, 0.15) is 11.3 Å². The molecular formula is C27H23N7O5S. The van der Waals surface area contributed by atoms with Gasteiger partial charge in [0.15, 0.2) is 23.1 Å². The SMILES string of the molecule is COc1ccccc1Oc1c(NS(=O)(=O)/C=C/c2ccccc2)nc(-c2ncccn2)nc1OCc1cnc[nH]1. The zero-order chi connectivity index (χ0) is 27.8. The van der Waals surface area contributed by atoms with E-state index in [0.717, 1.165) is 5.41 Å². The van der Waals surface area contributed by atoms with E-state index in [1.165, 1.54) is 31.9 Å². The number of H-pyrrole nitrogens is 1. The fourth-order valence-electron chi connectivity index (χ4n) is 3.43. The number of methoxy groups -OCH3 is 1. The number of sulfonamides is 1.